The maximum Gasteiger partial charge on any atom is 0.199 e. The number of hydrogen-bond donors (Lipinski definition) is 0. The van der Waals surface area contributed by atoms with Gasteiger partial charge in [0.2, 0.25) is 0 Å². The van der Waals surface area contributed by atoms with Gasteiger partial charge in [-0.1, -0.05) is 31.6 Å². The molecule has 0 aromatic rings. The highest BCUT2D eigenvalue weighted by Crippen LogP contribution is 2.20. The molecule has 0 bridgehead atoms. The normalized spacial score (nSPS) is 23.8. The standard InChI is InChI=1S/C13H18O2.C2H6/c1-11-6-2-3-7-12(10-11)15-13-8-4-5-9-14-13;1-2/h2-3,7,10,13H,4-6,8-9H2,1H3;1-2H3. The van der Waals surface area contributed by atoms with Crippen molar-refractivity contribution in [2.45, 2.75) is 52.7 Å². The third kappa shape index (κ3) is 5.22. The molecule has 0 saturated carbocycles. The molecule has 1 aliphatic carbocycles. The fraction of sp³-hybridized carbons (Fsp3) is 0.600. The summed E-state index contributed by atoms with van der Waals surface area (Å²) in [6, 6.07) is 0. The van der Waals surface area contributed by atoms with E-state index >= 15 is 0 Å². The zero-order chi connectivity index (χ0) is 12.5. The number of ether oxygens (including phenoxy) is 2. The lowest BCUT2D eigenvalue weighted by Crippen LogP contribution is -2.21. The fourth-order valence-corrected chi connectivity index (χ4v) is 1.80. The zero-order valence-electron chi connectivity index (χ0n) is 11.2. The molecule has 1 atom stereocenters. The highest BCUT2D eigenvalue weighted by atomic mass is 16.7. The second-order valence-corrected chi connectivity index (χ2v) is 4.11. The maximum absolute atomic E-state index is 5.79. The number of hydrogen-bond acceptors (Lipinski definition) is 2. The Labute approximate surface area is 105 Å². The van der Waals surface area contributed by atoms with Crippen molar-refractivity contribution in [2.24, 2.45) is 0 Å². The first-order valence-corrected chi connectivity index (χ1v) is 6.67. The molecule has 1 heterocycles. The molecule has 0 aromatic heterocycles. The third-order valence-corrected chi connectivity index (χ3v) is 2.63. The van der Waals surface area contributed by atoms with Crippen LogP contribution in [0.5, 0.6) is 0 Å². The smallest absolute Gasteiger partial charge is 0.199 e. The summed E-state index contributed by atoms with van der Waals surface area (Å²) in [6.07, 6.45) is 12.6. The lowest BCUT2D eigenvalue weighted by atomic mass is 10.2. The lowest BCUT2D eigenvalue weighted by molar-refractivity contribution is -0.135. The van der Waals surface area contributed by atoms with Crippen molar-refractivity contribution in [3.63, 3.8) is 0 Å². The third-order valence-electron chi connectivity index (χ3n) is 2.63. The minimum atomic E-state index is -0.0412. The van der Waals surface area contributed by atoms with E-state index in [0.717, 1.165) is 31.6 Å². The SMILES string of the molecule is CC.CC1=CC(OC2CCCCO2)=CC=CC1. The highest BCUT2D eigenvalue weighted by molar-refractivity contribution is 5.27. The van der Waals surface area contributed by atoms with Gasteiger partial charge in [0.25, 0.3) is 0 Å². The summed E-state index contributed by atoms with van der Waals surface area (Å²) in [7, 11) is 0. The zero-order valence-corrected chi connectivity index (χ0v) is 11.2. The number of rotatable bonds is 2. The van der Waals surface area contributed by atoms with Crippen LogP contribution in [-0.2, 0) is 9.47 Å². The van der Waals surface area contributed by atoms with Gasteiger partial charge >= 0.3 is 0 Å². The van der Waals surface area contributed by atoms with Crippen molar-refractivity contribution in [2.75, 3.05) is 6.61 Å². The fourth-order valence-electron chi connectivity index (χ4n) is 1.80. The largest absolute Gasteiger partial charge is 0.465 e. The van der Waals surface area contributed by atoms with Crippen LogP contribution >= 0.6 is 0 Å². The van der Waals surface area contributed by atoms with Crippen LogP contribution in [0.3, 0.4) is 0 Å². The molecule has 17 heavy (non-hydrogen) atoms. The molecular weight excluding hydrogens is 212 g/mol. The summed E-state index contributed by atoms with van der Waals surface area (Å²) in [5, 5.41) is 0. The van der Waals surface area contributed by atoms with Crippen molar-refractivity contribution in [3.05, 3.63) is 35.6 Å². The minimum absolute atomic E-state index is 0.0412. The molecule has 1 fully saturated rings. The van der Waals surface area contributed by atoms with Crippen molar-refractivity contribution in [1.82, 2.24) is 0 Å². The molecule has 1 unspecified atom stereocenters. The average molecular weight is 236 g/mol. The van der Waals surface area contributed by atoms with Crippen LogP contribution in [-0.4, -0.2) is 12.9 Å². The summed E-state index contributed by atoms with van der Waals surface area (Å²) < 4.78 is 11.3. The van der Waals surface area contributed by atoms with Crippen molar-refractivity contribution < 1.29 is 9.47 Å². The van der Waals surface area contributed by atoms with Gasteiger partial charge in [-0.05, 0) is 38.3 Å². The number of allylic oxidation sites excluding steroid dienone is 5. The van der Waals surface area contributed by atoms with Crippen LogP contribution in [0.4, 0.5) is 0 Å². The molecule has 96 valence electrons. The predicted molar refractivity (Wildman–Crippen MR) is 71.6 cm³/mol. The average Bonchev–Trinajstić information content (AvgIpc) is 2.57. The Morgan fingerprint density at radius 3 is 2.82 bits per heavy atom. The molecule has 0 amide bonds. The summed E-state index contributed by atoms with van der Waals surface area (Å²) >= 11 is 0. The quantitative estimate of drug-likeness (QED) is 0.709. The molecule has 1 saturated heterocycles. The summed E-state index contributed by atoms with van der Waals surface area (Å²) in [5.74, 6) is 0.924. The van der Waals surface area contributed by atoms with Crippen molar-refractivity contribution in [1.29, 1.82) is 0 Å². The lowest BCUT2D eigenvalue weighted by Gasteiger charge is -2.23. The first kappa shape index (κ1) is 14.0. The molecule has 1 aliphatic heterocycles. The summed E-state index contributed by atoms with van der Waals surface area (Å²) in [6.45, 7) is 6.95. The van der Waals surface area contributed by atoms with Crippen molar-refractivity contribution >= 4 is 0 Å². The molecule has 0 aromatic carbocycles. The Bertz CT molecular complexity index is 294. The molecule has 2 aliphatic rings. The topological polar surface area (TPSA) is 18.5 Å². The van der Waals surface area contributed by atoms with Gasteiger partial charge in [0.15, 0.2) is 6.29 Å². The van der Waals surface area contributed by atoms with Crippen LogP contribution in [0.15, 0.2) is 35.6 Å². The molecule has 0 radical (unpaired) electrons. The first-order chi connectivity index (χ1) is 8.34. The Hall–Kier alpha value is -1.02. The van der Waals surface area contributed by atoms with Gasteiger partial charge in [0.05, 0.1) is 6.61 Å². The van der Waals surface area contributed by atoms with Crippen LogP contribution in [0.2, 0.25) is 0 Å². The maximum atomic E-state index is 5.79. The van der Waals surface area contributed by atoms with Gasteiger partial charge in [-0.25, -0.2) is 0 Å². The Balaban J connectivity index is 0.000000686. The van der Waals surface area contributed by atoms with E-state index < -0.39 is 0 Å². The van der Waals surface area contributed by atoms with E-state index in [1.807, 2.05) is 26.0 Å². The second kappa shape index (κ2) is 8.13. The van der Waals surface area contributed by atoms with E-state index in [4.69, 9.17) is 9.47 Å². The van der Waals surface area contributed by atoms with E-state index in [9.17, 15) is 0 Å². The monoisotopic (exact) mass is 236 g/mol. The molecule has 2 rings (SSSR count). The van der Waals surface area contributed by atoms with E-state index in [1.54, 1.807) is 0 Å². The van der Waals surface area contributed by atoms with E-state index in [1.165, 1.54) is 12.0 Å². The van der Waals surface area contributed by atoms with Gasteiger partial charge in [-0.15, -0.1) is 0 Å². The van der Waals surface area contributed by atoms with Crippen LogP contribution < -0.4 is 0 Å². The Morgan fingerprint density at radius 2 is 2.12 bits per heavy atom. The van der Waals surface area contributed by atoms with Gasteiger partial charge in [-0.2, -0.15) is 0 Å². The first-order valence-electron chi connectivity index (χ1n) is 6.67. The van der Waals surface area contributed by atoms with E-state index in [2.05, 4.69) is 19.1 Å². The second-order valence-electron chi connectivity index (χ2n) is 4.11. The predicted octanol–water partition coefficient (Wildman–Crippen LogP) is 4.35. The van der Waals surface area contributed by atoms with Crippen LogP contribution in [0.25, 0.3) is 0 Å². The molecule has 2 nitrogen and oxygen atoms in total. The molecule has 0 spiro atoms. The Morgan fingerprint density at radius 1 is 1.29 bits per heavy atom. The van der Waals surface area contributed by atoms with E-state index in [0.29, 0.717) is 0 Å². The minimum Gasteiger partial charge on any atom is -0.465 e. The van der Waals surface area contributed by atoms with Crippen LogP contribution in [0.1, 0.15) is 46.5 Å². The highest BCUT2D eigenvalue weighted by Gasteiger charge is 2.15. The van der Waals surface area contributed by atoms with Gasteiger partial charge < -0.3 is 9.47 Å². The molecular formula is C15H24O2. The van der Waals surface area contributed by atoms with Gasteiger partial charge in [-0.3, -0.25) is 0 Å². The Kier molecular flexibility index (Phi) is 6.71. The van der Waals surface area contributed by atoms with Crippen LogP contribution in [0, 0.1) is 0 Å². The molecule has 2 heteroatoms. The summed E-state index contributed by atoms with van der Waals surface area (Å²) in [5.41, 5.74) is 1.32. The van der Waals surface area contributed by atoms with Gasteiger partial charge in [0, 0.05) is 6.42 Å². The van der Waals surface area contributed by atoms with Crippen molar-refractivity contribution in [3.8, 4) is 0 Å². The summed E-state index contributed by atoms with van der Waals surface area (Å²) in [4.78, 5) is 0. The molecule has 0 N–H and O–H groups in total. The van der Waals surface area contributed by atoms with E-state index in [-0.39, 0.29) is 6.29 Å². The van der Waals surface area contributed by atoms with Gasteiger partial charge in [0.1, 0.15) is 5.76 Å².